The van der Waals surface area contributed by atoms with Crippen LogP contribution in [0.5, 0.6) is 0 Å². The van der Waals surface area contributed by atoms with Crippen LogP contribution < -0.4 is 4.90 Å². The number of ketones is 1. The number of hydrogen-bond donors (Lipinski definition) is 1. The van der Waals surface area contributed by atoms with Crippen LogP contribution in [0.15, 0.2) is 36.7 Å². The van der Waals surface area contributed by atoms with Crippen LogP contribution in [-0.4, -0.2) is 33.8 Å². The number of rotatable bonds is 4. The van der Waals surface area contributed by atoms with Crippen LogP contribution in [0.3, 0.4) is 0 Å². The van der Waals surface area contributed by atoms with Crippen LogP contribution in [-0.2, 0) is 11.2 Å². The highest BCUT2D eigenvalue weighted by atomic mass is 16.1. The lowest BCUT2D eigenvalue weighted by atomic mass is 9.87. The standard InChI is InChI=1S/C22H26N4O/c1-22(2,3)19(27)12-16-13-23-21-20(16)25-18(14-24-21)15-7-6-8-17(11-15)26-9-4-5-10-26/h6-8,11,13-14H,4-5,9-10,12H2,1-3H3,(H,23,24). The van der Waals surface area contributed by atoms with Gasteiger partial charge in [0, 0.05) is 47.9 Å². The van der Waals surface area contributed by atoms with Crippen molar-refractivity contribution < 1.29 is 4.79 Å². The maximum atomic E-state index is 12.5. The molecule has 3 heterocycles. The molecule has 0 bridgehead atoms. The van der Waals surface area contributed by atoms with E-state index in [2.05, 4.69) is 39.1 Å². The van der Waals surface area contributed by atoms with Gasteiger partial charge < -0.3 is 9.88 Å². The second-order valence-electron chi connectivity index (χ2n) is 8.36. The highest BCUT2D eigenvalue weighted by Gasteiger charge is 2.23. The SMILES string of the molecule is CC(C)(C)C(=O)Cc1c[nH]c2ncc(-c3cccc(N4CCCC4)c3)nc12. The fraction of sp³-hybridized carbons (Fsp3) is 0.409. The number of aromatic nitrogens is 3. The molecule has 0 amide bonds. The van der Waals surface area contributed by atoms with E-state index in [-0.39, 0.29) is 11.2 Å². The number of hydrogen-bond acceptors (Lipinski definition) is 4. The van der Waals surface area contributed by atoms with E-state index in [0.29, 0.717) is 6.42 Å². The smallest absolute Gasteiger partial charge is 0.156 e. The normalized spacial score (nSPS) is 14.9. The van der Waals surface area contributed by atoms with Crippen LogP contribution in [0.1, 0.15) is 39.2 Å². The lowest BCUT2D eigenvalue weighted by molar-refractivity contribution is -0.125. The summed E-state index contributed by atoms with van der Waals surface area (Å²) in [6.07, 6.45) is 6.54. The third kappa shape index (κ3) is 3.59. The molecule has 0 aliphatic carbocycles. The summed E-state index contributed by atoms with van der Waals surface area (Å²) in [5.74, 6) is 0.201. The van der Waals surface area contributed by atoms with Gasteiger partial charge in [-0.15, -0.1) is 0 Å². The van der Waals surface area contributed by atoms with E-state index in [1.807, 2.05) is 27.0 Å². The molecule has 140 valence electrons. The molecule has 27 heavy (non-hydrogen) atoms. The second kappa shape index (κ2) is 6.80. The van der Waals surface area contributed by atoms with Gasteiger partial charge in [-0.3, -0.25) is 4.79 Å². The van der Waals surface area contributed by atoms with E-state index < -0.39 is 0 Å². The Morgan fingerprint density at radius 1 is 1.22 bits per heavy atom. The molecular formula is C22H26N4O. The van der Waals surface area contributed by atoms with Gasteiger partial charge in [-0.2, -0.15) is 0 Å². The minimum Gasteiger partial charge on any atom is -0.372 e. The number of benzene rings is 1. The minimum atomic E-state index is -0.362. The number of H-pyrrole nitrogens is 1. The summed E-state index contributed by atoms with van der Waals surface area (Å²) in [7, 11) is 0. The molecule has 0 unspecified atom stereocenters. The molecule has 2 aromatic heterocycles. The van der Waals surface area contributed by atoms with Gasteiger partial charge in [0.25, 0.3) is 0 Å². The number of aromatic amines is 1. The molecule has 1 aliphatic rings. The van der Waals surface area contributed by atoms with Gasteiger partial charge in [-0.25, -0.2) is 9.97 Å². The van der Waals surface area contributed by atoms with Crippen LogP contribution in [0.25, 0.3) is 22.4 Å². The third-order valence-corrected chi connectivity index (χ3v) is 5.26. The molecule has 0 saturated carbocycles. The van der Waals surface area contributed by atoms with E-state index in [1.54, 1.807) is 6.20 Å². The Morgan fingerprint density at radius 3 is 2.74 bits per heavy atom. The highest BCUT2D eigenvalue weighted by Crippen LogP contribution is 2.28. The van der Waals surface area contributed by atoms with Crippen molar-refractivity contribution in [1.29, 1.82) is 0 Å². The van der Waals surface area contributed by atoms with E-state index in [0.717, 1.165) is 41.1 Å². The zero-order valence-electron chi connectivity index (χ0n) is 16.2. The number of anilines is 1. The van der Waals surface area contributed by atoms with Crippen LogP contribution in [0.4, 0.5) is 5.69 Å². The zero-order valence-corrected chi connectivity index (χ0v) is 16.2. The van der Waals surface area contributed by atoms with Crippen molar-refractivity contribution in [3.05, 3.63) is 42.2 Å². The van der Waals surface area contributed by atoms with Crippen molar-refractivity contribution in [1.82, 2.24) is 15.0 Å². The van der Waals surface area contributed by atoms with Crippen LogP contribution in [0, 0.1) is 5.41 Å². The van der Waals surface area contributed by atoms with Gasteiger partial charge in [0.1, 0.15) is 11.3 Å². The molecule has 1 saturated heterocycles. The van der Waals surface area contributed by atoms with E-state index in [9.17, 15) is 4.79 Å². The maximum Gasteiger partial charge on any atom is 0.156 e. The molecule has 3 aromatic rings. The molecule has 0 atom stereocenters. The van der Waals surface area contributed by atoms with Gasteiger partial charge >= 0.3 is 0 Å². The Hall–Kier alpha value is -2.69. The number of nitrogens with zero attached hydrogens (tertiary/aromatic N) is 3. The first-order chi connectivity index (χ1) is 12.9. The largest absolute Gasteiger partial charge is 0.372 e. The van der Waals surface area contributed by atoms with Crippen molar-refractivity contribution in [3.63, 3.8) is 0 Å². The summed E-state index contributed by atoms with van der Waals surface area (Å²) < 4.78 is 0. The van der Waals surface area contributed by atoms with E-state index >= 15 is 0 Å². The number of carbonyl (C=O) groups excluding carboxylic acids is 1. The predicted molar refractivity (Wildman–Crippen MR) is 109 cm³/mol. The average Bonchev–Trinajstić information content (AvgIpc) is 3.31. The number of nitrogens with one attached hydrogen (secondary N) is 1. The fourth-order valence-electron chi connectivity index (χ4n) is 3.49. The van der Waals surface area contributed by atoms with Gasteiger partial charge in [-0.1, -0.05) is 32.9 Å². The monoisotopic (exact) mass is 362 g/mol. The first-order valence-electron chi connectivity index (χ1n) is 9.63. The second-order valence-corrected chi connectivity index (χ2v) is 8.36. The summed E-state index contributed by atoms with van der Waals surface area (Å²) in [6, 6.07) is 8.50. The predicted octanol–water partition coefficient (Wildman–Crippen LogP) is 4.38. The third-order valence-electron chi connectivity index (χ3n) is 5.26. The first-order valence-corrected chi connectivity index (χ1v) is 9.63. The van der Waals surface area contributed by atoms with Crippen molar-refractivity contribution in [2.24, 2.45) is 5.41 Å². The van der Waals surface area contributed by atoms with Gasteiger partial charge in [0.2, 0.25) is 0 Å². The topological polar surface area (TPSA) is 61.9 Å². The molecule has 5 nitrogen and oxygen atoms in total. The Bertz CT molecular complexity index is 977. The van der Waals surface area contributed by atoms with Crippen LogP contribution in [0.2, 0.25) is 0 Å². The van der Waals surface area contributed by atoms with Gasteiger partial charge in [-0.05, 0) is 25.0 Å². The molecular weight excluding hydrogens is 336 g/mol. The quantitative estimate of drug-likeness (QED) is 0.748. The summed E-state index contributed by atoms with van der Waals surface area (Å²) in [4.78, 5) is 27.4. The summed E-state index contributed by atoms with van der Waals surface area (Å²) in [6.45, 7) is 8.08. The van der Waals surface area contributed by atoms with Gasteiger partial charge in [0.15, 0.2) is 5.65 Å². The molecule has 1 aliphatic heterocycles. The van der Waals surface area contributed by atoms with E-state index in [4.69, 9.17) is 4.98 Å². The van der Waals surface area contributed by atoms with Crippen molar-refractivity contribution in [2.45, 2.75) is 40.0 Å². The number of Topliss-reactive ketones (excluding diaryl/α,β-unsaturated/α-hetero) is 1. The number of carbonyl (C=O) groups is 1. The fourth-order valence-corrected chi connectivity index (χ4v) is 3.49. The molecule has 1 aromatic carbocycles. The van der Waals surface area contributed by atoms with Crippen molar-refractivity contribution >= 4 is 22.6 Å². The van der Waals surface area contributed by atoms with Crippen molar-refractivity contribution in [3.8, 4) is 11.3 Å². The number of fused-ring (bicyclic) bond motifs is 1. The molecule has 5 heteroatoms. The summed E-state index contributed by atoms with van der Waals surface area (Å²) >= 11 is 0. The first kappa shape index (κ1) is 17.7. The lowest BCUT2D eigenvalue weighted by Gasteiger charge is -2.18. The molecule has 1 fully saturated rings. The van der Waals surface area contributed by atoms with E-state index in [1.165, 1.54) is 18.5 Å². The Labute approximate surface area is 159 Å². The Kier molecular flexibility index (Phi) is 4.46. The maximum absolute atomic E-state index is 12.5. The van der Waals surface area contributed by atoms with Gasteiger partial charge in [0.05, 0.1) is 11.9 Å². The molecule has 0 spiro atoms. The van der Waals surface area contributed by atoms with Crippen molar-refractivity contribution in [2.75, 3.05) is 18.0 Å². The van der Waals surface area contributed by atoms with Crippen LogP contribution >= 0.6 is 0 Å². The molecule has 4 rings (SSSR count). The average molecular weight is 362 g/mol. The molecule has 1 N–H and O–H groups in total. The zero-order chi connectivity index (χ0) is 19.0. The Balaban J connectivity index is 1.68. The summed E-state index contributed by atoms with van der Waals surface area (Å²) in [5, 5.41) is 0. The highest BCUT2D eigenvalue weighted by molar-refractivity contribution is 5.90. The Morgan fingerprint density at radius 2 is 2.00 bits per heavy atom. The lowest BCUT2D eigenvalue weighted by Crippen LogP contribution is -2.22. The summed E-state index contributed by atoms with van der Waals surface area (Å²) in [5.41, 5.74) is 5.20. The minimum absolute atomic E-state index is 0.201. The molecule has 0 radical (unpaired) electrons.